The molecule has 2 aromatic rings. The van der Waals surface area contributed by atoms with E-state index < -0.39 is 17.8 Å². The molecule has 1 aromatic carbocycles. The molecule has 6 nitrogen and oxygen atoms in total. The van der Waals surface area contributed by atoms with Crippen molar-refractivity contribution >= 4 is 11.9 Å². The molecule has 0 saturated carbocycles. The van der Waals surface area contributed by atoms with Gasteiger partial charge in [-0.05, 0) is 12.1 Å². The third kappa shape index (κ3) is 3.55. The lowest BCUT2D eigenvalue weighted by Gasteiger charge is -2.13. The summed E-state index contributed by atoms with van der Waals surface area (Å²) in [6.07, 6.45) is -5.86. The van der Waals surface area contributed by atoms with Crippen LogP contribution in [0.25, 0.3) is 11.3 Å². The van der Waals surface area contributed by atoms with Crippen LogP contribution in [0.1, 0.15) is 11.4 Å². The molecular weight excluding hydrogens is 313 g/mol. The van der Waals surface area contributed by atoms with Crippen molar-refractivity contribution < 1.29 is 23.1 Å². The highest BCUT2D eigenvalue weighted by Crippen LogP contribution is 2.32. The average molecular weight is 322 g/mol. The van der Waals surface area contributed by atoms with Gasteiger partial charge >= 0.3 is 12.3 Å². The fourth-order valence-corrected chi connectivity index (χ4v) is 1.76. The molecule has 0 fully saturated rings. The van der Waals surface area contributed by atoms with Gasteiger partial charge in [-0.3, -0.25) is 4.90 Å². The van der Waals surface area contributed by atoms with Crippen LogP contribution in [0.2, 0.25) is 0 Å². The van der Waals surface area contributed by atoms with Crippen molar-refractivity contribution in [1.82, 2.24) is 9.97 Å². The third-order valence-electron chi connectivity index (χ3n) is 2.93. The number of rotatable bonds is 2. The van der Waals surface area contributed by atoms with Crippen molar-refractivity contribution in [3.8, 4) is 17.3 Å². The van der Waals surface area contributed by atoms with Crippen LogP contribution < -0.4 is 4.90 Å². The summed E-state index contributed by atoms with van der Waals surface area (Å²) in [6, 6.07) is 7.20. The Bertz CT molecular complexity index is 799. The number of carboxylic acid groups (broad SMARTS) is 1. The highest BCUT2D eigenvalue weighted by molar-refractivity contribution is 5.84. The Kier molecular flexibility index (Phi) is 4.18. The number of hydrogen-bond donors (Lipinski definition) is 1. The fourth-order valence-electron chi connectivity index (χ4n) is 1.76. The number of nitriles is 1. The maximum atomic E-state index is 12.8. The van der Waals surface area contributed by atoms with Crippen molar-refractivity contribution in [3.05, 3.63) is 41.7 Å². The molecule has 1 heterocycles. The Labute approximate surface area is 128 Å². The molecule has 0 unspecified atom stereocenters. The largest absolute Gasteiger partial charge is 0.465 e. The van der Waals surface area contributed by atoms with Gasteiger partial charge in [-0.15, -0.1) is 0 Å². The number of nitrogens with zero attached hydrogens (tertiary/aromatic N) is 4. The van der Waals surface area contributed by atoms with Crippen LogP contribution in [0.4, 0.5) is 23.8 Å². The number of aromatic nitrogens is 2. The topological polar surface area (TPSA) is 90.1 Å². The second-order valence-electron chi connectivity index (χ2n) is 4.47. The first-order valence-electron chi connectivity index (χ1n) is 6.16. The molecule has 23 heavy (non-hydrogen) atoms. The molecular formula is C14H9F3N4O2. The number of alkyl halides is 3. The molecule has 0 atom stereocenters. The van der Waals surface area contributed by atoms with Gasteiger partial charge < -0.3 is 5.11 Å². The van der Waals surface area contributed by atoms with E-state index in [0.29, 0.717) is 0 Å². The fraction of sp³-hybridized carbons (Fsp3) is 0.143. The number of amides is 1. The average Bonchev–Trinajstić information content (AvgIpc) is 2.52. The minimum absolute atomic E-state index is 0.0192. The second kappa shape index (κ2) is 5.92. The zero-order valence-electron chi connectivity index (χ0n) is 11.7. The summed E-state index contributed by atoms with van der Waals surface area (Å²) in [5.74, 6) is -0.459. The van der Waals surface area contributed by atoms with Crippen LogP contribution in [0.5, 0.6) is 0 Å². The normalized spacial score (nSPS) is 10.9. The first-order valence-corrected chi connectivity index (χ1v) is 6.16. The predicted octanol–water partition coefficient (Wildman–Crippen LogP) is 3.15. The molecule has 9 heteroatoms. The molecule has 2 rings (SSSR count). The Hall–Kier alpha value is -3.15. The lowest BCUT2D eigenvalue weighted by atomic mass is 10.1. The van der Waals surface area contributed by atoms with E-state index in [-0.39, 0.29) is 22.9 Å². The van der Waals surface area contributed by atoms with Crippen LogP contribution in [0, 0.1) is 11.3 Å². The van der Waals surface area contributed by atoms with Gasteiger partial charge in [0.15, 0.2) is 0 Å². The highest BCUT2D eigenvalue weighted by Gasteiger charge is 2.30. The van der Waals surface area contributed by atoms with E-state index in [2.05, 4.69) is 9.97 Å². The standard InChI is InChI=1S/C14H9F3N4O2/c1-21(13(22)23)12-6-10(19-11(7-18)20-12)8-3-2-4-9(5-8)14(15,16)17/h2-6H,1H3,(H,22,23). The van der Waals surface area contributed by atoms with Gasteiger partial charge in [-0.25, -0.2) is 14.8 Å². The number of hydrogen-bond acceptors (Lipinski definition) is 4. The van der Waals surface area contributed by atoms with Crippen LogP contribution in [0.3, 0.4) is 0 Å². The van der Waals surface area contributed by atoms with E-state index in [9.17, 15) is 18.0 Å². The Morgan fingerprint density at radius 3 is 2.57 bits per heavy atom. The van der Waals surface area contributed by atoms with E-state index in [4.69, 9.17) is 10.4 Å². The summed E-state index contributed by atoms with van der Waals surface area (Å²) in [7, 11) is 1.20. The minimum atomic E-state index is -4.53. The summed E-state index contributed by atoms with van der Waals surface area (Å²) < 4.78 is 38.3. The maximum absolute atomic E-state index is 12.8. The first kappa shape index (κ1) is 16.2. The van der Waals surface area contributed by atoms with Crippen molar-refractivity contribution in [3.63, 3.8) is 0 Å². The van der Waals surface area contributed by atoms with Crippen molar-refractivity contribution in [2.45, 2.75) is 6.18 Å². The zero-order valence-corrected chi connectivity index (χ0v) is 11.7. The maximum Gasteiger partial charge on any atom is 0.416 e. The molecule has 0 aliphatic carbocycles. The number of benzene rings is 1. The number of anilines is 1. The molecule has 0 spiro atoms. The lowest BCUT2D eigenvalue weighted by Crippen LogP contribution is -2.25. The Morgan fingerprint density at radius 1 is 1.30 bits per heavy atom. The molecule has 0 saturated heterocycles. The molecule has 1 N–H and O–H groups in total. The van der Waals surface area contributed by atoms with Crippen LogP contribution in [0.15, 0.2) is 30.3 Å². The summed E-state index contributed by atoms with van der Waals surface area (Å²) in [5.41, 5.74) is -0.759. The molecule has 118 valence electrons. The summed E-state index contributed by atoms with van der Waals surface area (Å²) >= 11 is 0. The van der Waals surface area contributed by atoms with Gasteiger partial charge in [0.05, 0.1) is 11.3 Å². The molecule has 0 bridgehead atoms. The van der Waals surface area contributed by atoms with Gasteiger partial charge in [0, 0.05) is 18.7 Å². The molecule has 1 amide bonds. The SMILES string of the molecule is CN(C(=O)O)c1cc(-c2cccc(C(F)(F)F)c2)nc(C#N)n1. The molecule has 1 aromatic heterocycles. The van der Waals surface area contributed by atoms with Gasteiger partial charge in [-0.1, -0.05) is 12.1 Å². The van der Waals surface area contributed by atoms with Crippen LogP contribution in [-0.4, -0.2) is 28.2 Å². The minimum Gasteiger partial charge on any atom is -0.465 e. The van der Waals surface area contributed by atoms with Gasteiger partial charge in [0.2, 0.25) is 5.82 Å². The van der Waals surface area contributed by atoms with E-state index in [1.54, 1.807) is 6.07 Å². The van der Waals surface area contributed by atoms with Gasteiger partial charge in [-0.2, -0.15) is 18.4 Å². The smallest absolute Gasteiger partial charge is 0.416 e. The predicted molar refractivity (Wildman–Crippen MR) is 73.6 cm³/mol. The quantitative estimate of drug-likeness (QED) is 0.917. The van der Waals surface area contributed by atoms with E-state index in [0.717, 1.165) is 17.0 Å². The lowest BCUT2D eigenvalue weighted by molar-refractivity contribution is -0.137. The molecule has 0 radical (unpaired) electrons. The Balaban J connectivity index is 2.58. The van der Waals surface area contributed by atoms with Gasteiger partial charge in [0.1, 0.15) is 11.9 Å². The van der Waals surface area contributed by atoms with Crippen LogP contribution >= 0.6 is 0 Å². The molecule has 0 aliphatic rings. The summed E-state index contributed by atoms with van der Waals surface area (Å²) in [6.45, 7) is 0. The molecule has 0 aliphatic heterocycles. The van der Waals surface area contributed by atoms with Gasteiger partial charge in [0.25, 0.3) is 0 Å². The van der Waals surface area contributed by atoms with Crippen molar-refractivity contribution in [2.75, 3.05) is 11.9 Å². The number of carbonyl (C=O) groups is 1. The Morgan fingerprint density at radius 2 is 2.00 bits per heavy atom. The number of halogens is 3. The monoisotopic (exact) mass is 322 g/mol. The summed E-state index contributed by atoms with van der Waals surface area (Å²) in [4.78, 5) is 19.3. The van der Waals surface area contributed by atoms with E-state index >= 15 is 0 Å². The van der Waals surface area contributed by atoms with E-state index in [1.165, 1.54) is 25.2 Å². The van der Waals surface area contributed by atoms with Crippen molar-refractivity contribution in [2.24, 2.45) is 0 Å². The van der Waals surface area contributed by atoms with Crippen molar-refractivity contribution in [1.29, 1.82) is 5.26 Å². The first-order chi connectivity index (χ1) is 10.7. The summed E-state index contributed by atoms with van der Waals surface area (Å²) in [5, 5.41) is 17.9. The second-order valence-corrected chi connectivity index (χ2v) is 4.47. The van der Waals surface area contributed by atoms with E-state index in [1.807, 2.05) is 0 Å². The van der Waals surface area contributed by atoms with Crippen LogP contribution in [-0.2, 0) is 6.18 Å². The third-order valence-corrected chi connectivity index (χ3v) is 2.93. The zero-order chi connectivity index (χ0) is 17.2. The highest BCUT2D eigenvalue weighted by atomic mass is 19.4.